The smallest absolute Gasteiger partial charge is 0.410 e. The summed E-state index contributed by atoms with van der Waals surface area (Å²) in [6, 6.07) is 1.22. The van der Waals surface area contributed by atoms with Crippen molar-refractivity contribution in [2.24, 2.45) is 11.8 Å². The molecule has 1 saturated carbocycles. The van der Waals surface area contributed by atoms with Crippen molar-refractivity contribution in [1.29, 1.82) is 0 Å². The van der Waals surface area contributed by atoms with Crippen molar-refractivity contribution >= 4 is 6.09 Å². The first-order valence-corrected chi connectivity index (χ1v) is 7.55. The van der Waals surface area contributed by atoms with Gasteiger partial charge in [0, 0.05) is 25.2 Å². The molecule has 1 amide bonds. The van der Waals surface area contributed by atoms with Crippen LogP contribution in [0, 0.1) is 11.8 Å². The number of nitrogens with zero attached hydrogens (tertiary/aromatic N) is 1. The molecule has 4 heteroatoms. The molecule has 3 atom stereocenters. The van der Waals surface area contributed by atoms with E-state index in [-0.39, 0.29) is 6.09 Å². The summed E-state index contributed by atoms with van der Waals surface area (Å²) in [6.45, 7) is 11.9. The SMILES string of the molecule is CCCC(C)NC1C2CN(C(=O)OC(C)(C)C)CC21. The van der Waals surface area contributed by atoms with E-state index >= 15 is 0 Å². The van der Waals surface area contributed by atoms with Gasteiger partial charge in [-0.3, -0.25) is 0 Å². The number of carbonyl (C=O) groups is 1. The molecule has 2 aliphatic rings. The molecule has 1 heterocycles. The van der Waals surface area contributed by atoms with Gasteiger partial charge in [0.2, 0.25) is 0 Å². The number of ether oxygens (including phenoxy) is 1. The minimum atomic E-state index is -0.392. The molecule has 0 aromatic rings. The molecule has 2 fully saturated rings. The van der Waals surface area contributed by atoms with Crippen LogP contribution in [0.3, 0.4) is 0 Å². The van der Waals surface area contributed by atoms with Gasteiger partial charge >= 0.3 is 6.09 Å². The first kappa shape index (κ1) is 14.6. The molecule has 0 radical (unpaired) electrons. The van der Waals surface area contributed by atoms with Gasteiger partial charge in [-0.25, -0.2) is 4.79 Å². The van der Waals surface area contributed by atoms with Gasteiger partial charge in [0.1, 0.15) is 5.60 Å². The second kappa shape index (κ2) is 5.31. The van der Waals surface area contributed by atoms with E-state index in [1.807, 2.05) is 25.7 Å². The number of fused-ring (bicyclic) bond motifs is 1. The average molecular weight is 268 g/mol. The topological polar surface area (TPSA) is 41.6 Å². The molecule has 1 aliphatic carbocycles. The highest BCUT2D eigenvalue weighted by Gasteiger charge is 2.57. The Morgan fingerprint density at radius 1 is 1.37 bits per heavy atom. The van der Waals surface area contributed by atoms with Crippen LogP contribution in [0.2, 0.25) is 0 Å². The van der Waals surface area contributed by atoms with Crippen LogP contribution in [0.4, 0.5) is 4.79 Å². The van der Waals surface area contributed by atoms with E-state index in [1.54, 1.807) is 0 Å². The fourth-order valence-corrected chi connectivity index (χ4v) is 3.09. The van der Waals surface area contributed by atoms with Crippen LogP contribution in [0.15, 0.2) is 0 Å². The van der Waals surface area contributed by atoms with Gasteiger partial charge in [0.05, 0.1) is 0 Å². The van der Waals surface area contributed by atoms with Crippen molar-refractivity contribution in [3.63, 3.8) is 0 Å². The van der Waals surface area contributed by atoms with E-state index in [0.717, 1.165) is 13.1 Å². The van der Waals surface area contributed by atoms with Gasteiger partial charge < -0.3 is 15.0 Å². The Labute approximate surface area is 116 Å². The van der Waals surface area contributed by atoms with Gasteiger partial charge in [0.15, 0.2) is 0 Å². The third-order valence-electron chi connectivity index (χ3n) is 4.04. The number of rotatable bonds is 4. The normalized spacial score (nSPS) is 31.0. The molecule has 0 bridgehead atoms. The summed E-state index contributed by atoms with van der Waals surface area (Å²) < 4.78 is 5.41. The maximum Gasteiger partial charge on any atom is 0.410 e. The standard InChI is InChI=1S/C15H28N2O2/c1-6-7-10(2)16-13-11-8-17(9-12(11)13)14(18)19-15(3,4)5/h10-13,16H,6-9H2,1-5H3. The Morgan fingerprint density at radius 3 is 2.42 bits per heavy atom. The lowest BCUT2D eigenvalue weighted by molar-refractivity contribution is 0.0269. The van der Waals surface area contributed by atoms with Crippen molar-refractivity contribution in [1.82, 2.24) is 10.2 Å². The molecular weight excluding hydrogens is 240 g/mol. The van der Waals surface area contributed by atoms with Crippen molar-refractivity contribution < 1.29 is 9.53 Å². The Hall–Kier alpha value is -0.770. The molecule has 19 heavy (non-hydrogen) atoms. The minimum Gasteiger partial charge on any atom is -0.444 e. The quantitative estimate of drug-likeness (QED) is 0.852. The zero-order valence-electron chi connectivity index (χ0n) is 12.9. The lowest BCUT2D eigenvalue weighted by Gasteiger charge is -2.26. The maximum absolute atomic E-state index is 11.9. The lowest BCUT2D eigenvalue weighted by Crippen LogP contribution is -2.40. The number of piperidine rings is 1. The second-order valence-electron chi connectivity index (χ2n) is 7.10. The van der Waals surface area contributed by atoms with Gasteiger partial charge in [-0.05, 0) is 46.0 Å². The van der Waals surface area contributed by atoms with Crippen LogP contribution in [-0.4, -0.2) is 41.8 Å². The summed E-state index contributed by atoms with van der Waals surface area (Å²) >= 11 is 0. The number of nitrogens with one attached hydrogen (secondary N) is 1. The van der Waals surface area contributed by atoms with Crippen molar-refractivity contribution in [2.45, 2.75) is 65.1 Å². The minimum absolute atomic E-state index is 0.153. The third-order valence-corrected chi connectivity index (χ3v) is 4.04. The monoisotopic (exact) mass is 268 g/mol. The van der Waals surface area contributed by atoms with Crippen molar-refractivity contribution in [3.8, 4) is 0 Å². The molecule has 3 unspecified atom stereocenters. The summed E-state index contributed by atoms with van der Waals surface area (Å²) in [6.07, 6.45) is 2.30. The first-order valence-electron chi connectivity index (χ1n) is 7.55. The van der Waals surface area contributed by atoms with Crippen LogP contribution in [-0.2, 0) is 4.74 Å². The number of hydrogen-bond donors (Lipinski definition) is 1. The van der Waals surface area contributed by atoms with Crippen LogP contribution < -0.4 is 5.32 Å². The molecule has 0 spiro atoms. The third kappa shape index (κ3) is 3.62. The molecule has 1 N–H and O–H groups in total. The van der Waals surface area contributed by atoms with E-state index in [9.17, 15) is 4.79 Å². The van der Waals surface area contributed by atoms with Crippen LogP contribution in [0.1, 0.15) is 47.5 Å². The fourth-order valence-electron chi connectivity index (χ4n) is 3.09. The van der Waals surface area contributed by atoms with Gasteiger partial charge in [-0.1, -0.05) is 13.3 Å². The zero-order valence-corrected chi connectivity index (χ0v) is 12.9. The molecule has 0 aromatic heterocycles. The lowest BCUT2D eigenvalue weighted by atomic mass is 10.2. The number of carbonyl (C=O) groups excluding carboxylic acids is 1. The van der Waals surface area contributed by atoms with Crippen molar-refractivity contribution in [2.75, 3.05) is 13.1 Å². The summed E-state index contributed by atoms with van der Waals surface area (Å²) in [5.74, 6) is 1.29. The highest BCUT2D eigenvalue weighted by atomic mass is 16.6. The predicted molar refractivity (Wildman–Crippen MR) is 76.1 cm³/mol. The first-order chi connectivity index (χ1) is 8.81. The zero-order chi connectivity index (χ0) is 14.2. The number of hydrogen-bond acceptors (Lipinski definition) is 3. The van der Waals surface area contributed by atoms with Gasteiger partial charge in [-0.2, -0.15) is 0 Å². The molecule has 1 saturated heterocycles. The molecule has 2 rings (SSSR count). The van der Waals surface area contributed by atoms with Crippen LogP contribution in [0.5, 0.6) is 0 Å². The van der Waals surface area contributed by atoms with Crippen LogP contribution in [0.25, 0.3) is 0 Å². The highest BCUT2D eigenvalue weighted by molar-refractivity contribution is 5.69. The van der Waals surface area contributed by atoms with Gasteiger partial charge in [-0.15, -0.1) is 0 Å². The molecule has 0 aromatic carbocycles. The Bertz CT molecular complexity index is 326. The molecule has 4 nitrogen and oxygen atoms in total. The summed E-state index contributed by atoms with van der Waals surface area (Å²) in [7, 11) is 0. The van der Waals surface area contributed by atoms with Crippen LogP contribution >= 0.6 is 0 Å². The Kier molecular flexibility index (Phi) is 4.09. The van der Waals surface area contributed by atoms with E-state index in [1.165, 1.54) is 12.8 Å². The fraction of sp³-hybridized carbons (Fsp3) is 0.933. The Morgan fingerprint density at radius 2 is 1.95 bits per heavy atom. The summed E-state index contributed by atoms with van der Waals surface area (Å²) in [4.78, 5) is 13.8. The molecular formula is C15H28N2O2. The molecule has 110 valence electrons. The summed E-state index contributed by atoms with van der Waals surface area (Å²) in [5.41, 5.74) is -0.392. The number of likely N-dealkylation sites (tertiary alicyclic amines) is 1. The molecule has 1 aliphatic heterocycles. The summed E-state index contributed by atoms with van der Waals surface area (Å²) in [5, 5.41) is 3.69. The highest BCUT2D eigenvalue weighted by Crippen LogP contribution is 2.46. The van der Waals surface area contributed by atoms with E-state index in [0.29, 0.717) is 23.9 Å². The largest absolute Gasteiger partial charge is 0.444 e. The second-order valence-corrected chi connectivity index (χ2v) is 7.10. The van der Waals surface area contributed by atoms with E-state index < -0.39 is 5.60 Å². The predicted octanol–water partition coefficient (Wildman–Crippen LogP) is 2.63. The Balaban J connectivity index is 1.73. The average Bonchev–Trinajstić information content (AvgIpc) is 2.73. The van der Waals surface area contributed by atoms with E-state index in [2.05, 4.69) is 19.2 Å². The number of amides is 1. The maximum atomic E-state index is 11.9. The van der Waals surface area contributed by atoms with Crippen molar-refractivity contribution in [3.05, 3.63) is 0 Å². The van der Waals surface area contributed by atoms with Gasteiger partial charge in [0.25, 0.3) is 0 Å². The van der Waals surface area contributed by atoms with E-state index in [4.69, 9.17) is 4.74 Å².